The van der Waals surface area contributed by atoms with E-state index in [9.17, 15) is 4.79 Å². The molecule has 15 heavy (non-hydrogen) atoms. The highest BCUT2D eigenvalue weighted by molar-refractivity contribution is 7.99. The Kier molecular flexibility index (Phi) is 3.48. The summed E-state index contributed by atoms with van der Waals surface area (Å²) in [5.74, 6) is 0.879. The van der Waals surface area contributed by atoms with E-state index in [2.05, 4.69) is 10.2 Å². The number of aromatic amines is 1. The first-order valence-corrected chi connectivity index (χ1v) is 6.19. The molecule has 2 heterocycles. The third-order valence-corrected chi connectivity index (χ3v) is 3.57. The number of hydrogen-bond acceptors (Lipinski definition) is 4. The molecule has 0 aromatic carbocycles. The van der Waals surface area contributed by atoms with Crippen molar-refractivity contribution in [3.63, 3.8) is 0 Å². The van der Waals surface area contributed by atoms with E-state index in [0.29, 0.717) is 12.6 Å². The zero-order valence-electron chi connectivity index (χ0n) is 8.73. The maximum Gasteiger partial charge on any atom is 0.343 e. The first-order valence-electron chi connectivity index (χ1n) is 5.21. The average Bonchev–Trinajstić information content (AvgIpc) is 2.84. The van der Waals surface area contributed by atoms with Crippen molar-refractivity contribution in [3.8, 4) is 0 Å². The van der Waals surface area contributed by atoms with Crippen molar-refractivity contribution in [2.24, 2.45) is 0 Å². The monoisotopic (exact) mass is 229 g/mol. The van der Waals surface area contributed by atoms with Crippen LogP contribution in [-0.2, 0) is 11.3 Å². The van der Waals surface area contributed by atoms with Crippen molar-refractivity contribution in [3.05, 3.63) is 10.5 Å². The highest BCUT2D eigenvalue weighted by Gasteiger charge is 2.17. The lowest BCUT2D eigenvalue weighted by atomic mass is 10.3. The standard InChI is InChI=1S/C9H15N3O2S/c1-2-12-8(13)10-11-9(12)15-6-7-4-3-5-14-7/h7H,2-6H2,1H3,(H,10,13). The lowest BCUT2D eigenvalue weighted by Gasteiger charge is -2.07. The molecule has 1 aromatic rings. The molecule has 0 aliphatic carbocycles. The molecule has 1 aliphatic rings. The third kappa shape index (κ3) is 2.43. The molecule has 5 nitrogen and oxygen atoms in total. The number of hydrogen-bond donors (Lipinski definition) is 1. The van der Waals surface area contributed by atoms with Gasteiger partial charge in [-0.25, -0.2) is 9.89 Å². The summed E-state index contributed by atoms with van der Waals surface area (Å²) in [6.07, 6.45) is 2.59. The van der Waals surface area contributed by atoms with Gasteiger partial charge in [0.05, 0.1) is 6.10 Å². The second-order valence-electron chi connectivity index (χ2n) is 3.50. The highest BCUT2D eigenvalue weighted by Crippen LogP contribution is 2.21. The number of aromatic nitrogens is 3. The summed E-state index contributed by atoms with van der Waals surface area (Å²) in [4.78, 5) is 11.3. The predicted octanol–water partition coefficient (Wildman–Crippen LogP) is 0.862. The topological polar surface area (TPSA) is 59.9 Å². The molecule has 0 amide bonds. The zero-order chi connectivity index (χ0) is 10.7. The quantitative estimate of drug-likeness (QED) is 0.778. The van der Waals surface area contributed by atoms with E-state index >= 15 is 0 Å². The minimum absolute atomic E-state index is 0.132. The van der Waals surface area contributed by atoms with Gasteiger partial charge in [-0.15, -0.1) is 5.10 Å². The van der Waals surface area contributed by atoms with Crippen molar-refractivity contribution >= 4 is 11.8 Å². The smallest absolute Gasteiger partial charge is 0.343 e. The van der Waals surface area contributed by atoms with Gasteiger partial charge in [0.25, 0.3) is 0 Å². The molecule has 1 aromatic heterocycles. The zero-order valence-corrected chi connectivity index (χ0v) is 9.55. The Hall–Kier alpha value is -0.750. The van der Waals surface area contributed by atoms with E-state index in [1.807, 2.05) is 6.92 Å². The number of ether oxygens (including phenoxy) is 1. The van der Waals surface area contributed by atoms with E-state index < -0.39 is 0 Å². The van der Waals surface area contributed by atoms with E-state index in [0.717, 1.165) is 30.4 Å². The van der Waals surface area contributed by atoms with Crippen molar-refractivity contribution < 1.29 is 4.74 Å². The van der Waals surface area contributed by atoms with Crippen LogP contribution < -0.4 is 5.69 Å². The van der Waals surface area contributed by atoms with E-state index in [-0.39, 0.29) is 5.69 Å². The maximum atomic E-state index is 11.3. The Balaban J connectivity index is 1.95. The summed E-state index contributed by atoms with van der Waals surface area (Å²) in [6, 6.07) is 0. The van der Waals surface area contributed by atoms with Crippen molar-refractivity contribution in [2.75, 3.05) is 12.4 Å². The number of rotatable bonds is 4. The molecule has 2 rings (SSSR count). The molecular weight excluding hydrogens is 214 g/mol. The first-order chi connectivity index (χ1) is 7.31. The molecule has 1 aliphatic heterocycles. The fourth-order valence-corrected chi connectivity index (χ4v) is 2.71. The van der Waals surface area contributed by atoms with Gasteiger partial charge in [0, 0.05) is 18.9 Å². The molecular formula is C9H15N3O2S. The summed E-state index contributed by atoms with van der Waals surface area (Å²) >= 11 is 1.59. The largest absolute Gasteiger partial charge is 0.377 e. The lowest BCUT2D eigenvalue weighted by Crippen LogP contribution is -2.16. The summed E-state index contributed by atoms with van der Waals surface area (Å²) in [7, 11) is 0. The fraction of sp³-hybridized carbons (Fsp3) is 0.778. The second-order valence-corrected chi connectivity index (χ2v) is 4.49. The predicted molar refractivity (Wildman–Crippen MR) is 58.2 cm³/mol. The van der Waals surface area contributed by atoms with Gasteiger partial charge in [-0.05, 0) is 19.8 Å². The van der Waals surface area contributed by atoms with Crippen LogP contribution >= 0.6 is 11.8 Å². The number of nitrogens with one attached hydrogen (secondary N) is 1. The molecule has 1 saturated heterocycles. The van der Waals surface area contributed by atoms with Crippen molar-refractivity contribution in [1.82, 2.24) is 14.8 Å². The summed E-state index contributed by atoms with van der Waals surface area (Å²) in [5, 5.41) is 7.20. The Morgan fingerprint density at radius 2 is 2.60 bits per heavy atom. The molecule has 0 bridgehead atoms. The molecule has 1 N–H and O–H groups in total. The Morgan fingerprint density at radius 3 is 3.27 bits per heavy atom. The van der Waals surface area contributed by atoms with Gasteiger partial charge in [-0.3, -0.25) is 4.57 Å². The number of H-pyrrole nitrogens is 1. The van der Waals surface area contributed by atoms with Gasteiger partial charge < -0.3 is 4.74 Å². The van der Waals surface area contributed by atoms with Crippen molar-refractivity contribution in [1.29, 1.82) is 0 Å². The van der Waals surface area contributed by atoms with Gasteiger partial charge in [0.15, 0.2) is 5.16 Å². The highest BCUT2D eigenvalue weighted by atomic mass is 32.2. The van der Waals surface area contributed by atoms with Crippen LogP contribution in [0.1, 0.15) is 19.8 Å². The van der Waals surface area contributed by atoms with Crippen LogP contribution in [-0.4, -0.2) is 33.2 Å². The van der Waals surface area contributed by atoms with E-state index in [4.69, 9.17) is 4.74 Å². The van der Waals surface area contributed by atoms with E-state index in [1.165, 1.54) is 0 Å². The molecule has 0 radical (unpaired) electrons. The average molecular weight is 229 g/mol. The molecule has 0 spiro atoms. The Labute approximate surface area is 92.2 Å². The molecule has 0 saturated carbocycles. The summed E-state index contributed by atoms with van der Waals surface area (Å²) < 4.78 is 7.15. The van der Waals surface area contributed by atoms with E-state index in [1.54, 1.807) is 16.3 Å². The van der Waals surface area contributed by atoms with Crippen molar-refractivity contribution in [2.45, 2.75) is 37.6 Å². The van der Waals surface area contributed by atoms with Gasteiger partial charge >= 0.3 is 5.69 Å². The fourth-order valence-electron chi connectivity index (χ4n) is 1.64. The first kappa shape index (κ1) is 10.8. The number of nitrogens with zero attached hydrogens (tertiary/aromatic N) is 2. The molecule has 1 atom stereocenters. The van der Waals surface area contributed by atoms with Crippen LogP contribution in [0.4, 0.5) is 0 Å². The lowest BCUT2D eigenvalue weighted by molar-refractivity contribution is 0.129. The normalized spacial score (nSPS) is 21.0. The summed E-state index contributed by atoms with van der Waals surface area (Å²) in [5.41, 5.74) is -0.132. The summed E-state index contributed by atoms with van der Waals surface area (Å²) in [6.45, 7) is 3.46. The SMILES string of the molecule is CCn1c(SCC2CCCO2)n[nH]c1=O. The van der Waals surface area contributed by atoms with Gasteiger partial charge in [0.2, 0.25) is 0 Å². The molecule has 84 valence electrons. The minimum Gasteiger partial charge on any atom is -0.377 e. The van der Waals surface area contributed by atoms with Gasteiger partial charge in [-0.1, -0.05) is 11.8 Å². The van der Waals surface area contributed by atoms with Crippen LogP contribution in [0.15, 0.2) is 9.95 Å². The number of thioether (sulfide) groups is 1. The van der Waals surface area contributed by atoms with Crippen LogP contribution in [0, 0.1) is 0 Å². The van der Waals surface area contributed by atoms with Crippen LogP contribution in [0.25, 0.3) is 0 Å². The molecule has 1 fully saturated rings. The molecule has 6 heteroatoms. The molecule has 1 unspecified atom stereocenters. The second kappa shape index (κ2) is 4.85. The third-order valence-electron chi connectivity index (χ3n) is 2.46. The maximum absolute atomic E-state index is 11.3. The minimum atomic E-state index is -0.132. The van der Waals surface area contributed by atoms with Crippen LogP contribution in [0.5, 0.6) is 0 Å². The Bertz CT molecular complexity index is 368. The van der Waals surface area contributed by atoms with Crippen LogP contribution in [0.3, 0.4) is 0 Å². The van der Waals surface area contributed by atoms with Gasteiger partial charge in [0.1, 0.15) is 0 Å². The Morgan fingerprint density at radius 1 is 1.73 bits per heavy atom. The van der Waals surface area contributed by atoms with Gasteiger partial charge in [-0.2, -0.15) is 0 Å². The van der Waals surface area contributed by atoms with Crippen LogP contribution in [0.2, 0.25) is 0 Å².